The zero-order valence-electron chi connectivity index (χ0n) is 16.9. The summed E-state index contributed by atoms with van der Waals surface area (Å²) in [4.78, 5) is 13.5. The van der Waals surface area contributed by atoms with E-state index in [1.807, 2.05) is 19.2 Å². The van der Waals surface area contributed by atoms with Crippen LogP contribution in [-0.4, -0.2) is 80.4 Å². The Morgan fingerprint density at radius 1 is 1.36 bits per heavy atom. The molecular formula is C19H32ClIN6O. The summed E-state index contributed by atoms with van der Waals surface area (Å²) < 4.78 is 5.47. The van der Waals surface area contributed by atoms with E-state index in [2.05, 4.69) is 44.3 Å². The molecule has 1 aromatic heterocycles. The molecule has 28 heavy (non-hydrogen) atoms. The van der Waals surface area contributed by atoms with Gasteiger partial charge in [-0.15, -0.1) is 24.0 Å². The lowest BCUT2D eigenvalue weighted by Crippen LogP contribution is -2.57. The number of anilines is 1. The maximum Gasteiger partial charge on any atom is 0.191 e. The van der Waals surface area contributed by atoms with Crippen LogP contribution in [0.3, 0.4) is 0 Å². The van der Waals surface area contributed by atoms with Gasteiger partial charge in [0.15, 0.2) is 5.96 Å². The van der Waals surface area contributed by atoms with Gasteiger partial charge in [0.05, 0.1) is 18.2 Å². The second-order valence-corrected chi connectivity index (χ2v) is 8.13. The minimum atomic E-state index is 0. The number of hydrogen-bond donors (Lipinski definition) is 2. The summed E-state index contributed by atoms with van der Waals surface area (Å²) in [7, 11) is 1.82. The number of nitrogens with one attached hydrogen (secondary N) is 2. The molecule has 1 aromatic rings. The summed E-state index contributed by atoms with van der Waals surface area (Å²) in [5.74, 6) is 1.70. The SMILES string of the molecule is CN=C(NCC(C)(C)N1CCOCC1)NC1CCN(c2ncccc2Cl)C1.I. The number of guanidine groups is 1. The van der Waals surface area contributed by atoms with Gasteiger partial charge < -0.3 is 20.3 Å². The standard InChI is InChI=1S/C19H31ClN6O.HI/c1-19(2,26-9-11-27-12-10-26)14-23-18(21-3)24-15-6-8-25(13-15)17-16(20)5-4-7-22-17;/h4-5,7,15H,6,8-14H2,1-3H3,(H2,21,23,24);1H. The van der Waals surface area contributed by atoms with Gasteiger partial charge in [-0.2, -0.15) is 0 Å². The fourth-order valence-electron chi connectivity index (χ4n) is 3.65. The van der Waals surface area contributed by atoms with E-state index < -0.39 is 0 Å². The number of hydrogen-bond acceptors (Lipinski definition) is 5. The van der Waals surface area contributed by atoms with E-state index in [0.29, 0.717) is 11.1 Å². The highest BCUT2D eigenvalue weighted by Gasteiger charge is 2.29. The molecule has 2 saturated heterocycles. The second kappa shape index (κ2) is 10.8. The third kappa shape index (κ3) is 6.08. The van der Waals surface area contributed by atoms with Gasteiger partial charge in [-0.1, -0.05) is 11.6 Å². The first kappa shape index (κ1) is 23.4. The summed E-state index contributed by atoms with van der Waals surface area (Å²) in [5, 5.41) is 7.74. The van der Waals surface area contributed by atoms with Crippen molar-refractivity contribution < 1.29 is 4.74 Å². The maximum atomic E-state index is 6.28. The fourth-order valence-corrected chi connectivity index (χ4v) is 3.89. The molecule has 0 saturated carbocycles. The third-order valence-electron chi connectivity index (χ3n) is 5.35. The molecule has 2 aliphatic rings. The Morgan fingerprint density at radius 3 is 2.79 bits per heavy atom. The van der Waals surface area contributed by atoms with Crippen LogP contribution in [0.25, 0.3) is 0 Å². The van der Waals surface area contributed by atoms with Crippen molar-refractivity contribution in [2.24, 2.45) is 4.99 Å². The fraction of sp³-hybridized carbons (Fsp3) is 0.684. The van der Waals surface area contributed by atoms with Crippen LogP contribution in [0.2, 0.25) is 5.02 Å². The predicted octanol–water partition coefficient (Wildman–Crippen LogP) is 2.21. The second-order valence-electron chi connectivity index (χ2n) is 7.72. The number of aromatic nitrogens is 1. The molecule has 9 heteroatoms. The molecular weight excluding hydrogens is 491 g/mol. The molecule has 0 bridgehead atoms. The normalized spacial score (nSPS) is 21.4. The highest BCUT2D eigenvalue weighted by Crippen LogP contribution is 2.25. The van der Waals surface area contributed by atoms with Crippen molar-refractivity contribution >= 4 is 47.4 Å². The molecule has 0 aromatic carbocycles. The van der Waals surface area contributed by atoms with Gasteiger partial charge >= 0.3 is 0 Å². The van der Waals surface area contributed by atoms with Gasteiger partial charge in [0.2, 0.25) is 0 Å². The van der Waals surface area contributed by atoms with E-state index in [4.69, 9.17) is 16.3 Å². The van der Waals surface area contributed by atoms with Gasteiger partial charge in [-0.05, 0) is 32.4 Å². The van der Waals surface area contributed by atoms with E-state index in [1.165, 1.54) is 0 Å². The Balaban J connectivity index is 0.00000280. The van der Waals surface area contributed by atoms with Crippen molar-refractivity contribution in [1.82, 2.24) is 20.5 Å². The smallest absolute Gasteiger partial charge is 0.191 e. The highest BCUT2D eigenvalue weighted by atomic mass is 127. The number of nitrogens with zero attached hydrogens (tertiary/aromatic N) is 4. The minimum absolute atomic E-state index is 0. The number of ether oxygens (including phenoxy) is 1. The van der Waals surface area contributed by atoms with Crippen molar-refractivity contribution in [1.29, 1.82) is 0 Å². The summed E-state index contributed by atoms with van der Waals surface area (Å²) in [5.41, 5.74) is 0.0462. The van der Waals surface area contributed by atoms with Crippen molar-refractivity contribution in [3.05, 3.63) is 23.4 Å². The van der Waals surface area contributed by atoms with E-state index >= 15 is 0 Å². The van der Waals surface area contributed by atoms with Gasteiger partial charge in [-0.25, -0.2) is 4.98 Å². The lowest BCUT2D eigenvalue weighted by Gasteiger charge is -2.41. The molecule has 0 aliphatic carbocycles. The summed E-state index contributed by atoms with van der Waals surface area (Å²) in [6.45, 7) is 10.7. The van der Waals surface area contributed by atoms with Crippen molar-refractivity contribution in [2.75, 3.05) is 57.9 Å². The van der Waals surface area contributed by atoms with E-state index in [0.717, 1.165) is 64.1 Å². The third-order valence-corrected chi connectivity index (χ3v) is 5.64. The average Bonchev–Trinajstić information content (AvgIpc) is 3.14. The Labute approximate surface area is 190 Å². The molecule has 158 valence electrons. The van der Waals surface area contributed by atoms with Crippen LogP contribution in [0.4, 0.5) is 5.82 Å². The molecule has 0 spiro atoms. The molecule has 7 nitrogen and oxygen atoms in total. The Bertz CT molecular complexity index is 653. The zero-order valence-corrected chi connectivity index (χ0v) is 20.0. The van der Waals surface area contributed by atoms with Crippen LogP contribution in [0.15, 0.2) is 23.3 Å². The zero-order chi connectivity index (χ0) is 19.3. The first-order valence-corrected chi connectivity index (χ1v) is 10.0. The van der Waals surface area contributed by atoms with Crippen molar-refractivity contribution in [3.8, 4) is 0 Å². The summed E-state index contributed by atoms with van der Waals surface area (Å²) in [6, 6.07) is 4.07. The topological polar surface area (TPSA) is 65.0 Å². The number of rotatable bonds is 5. The van der Waals surface area contributed by atoms with Gasteiger partial charge in [0, 0.05) is 57.5 Å². The molecule has 2 aliphatic heterocycles. The van der Waals surface area contributed by atoms with E-state index in [-0.39, 0.29) is 29.5 Å². The lowest BCUT2D eigenvalue weighted by atomic mass is 10.0. The molecule has 2 N–H and O–H groups in total. The van der Waals surface area contributed by atoms with Gasteiger partial charge in [0.25, 0.3) is 0 Å². The van der Waals surface area contributed by atoms with E-state index in [1.54, 1.807) is 6.20 Å². The van der Waals surface area contributed by atoms with Crippen LogP contribution < -0.4 is 15.5 Å². The number of morpholine rings is 1. The van der Waals surface area contributed by atoms with Gasteiger partial charge in [0.1, 0.15) is 5.82 Å². The molecule has 3 heterocycles. The van der Waals surface area contributed by atoms with Crippen LogP contribution in [0, 0.1) is 0 Å². The number of pyridine rings is 1. The number of halogens is 2. The largest absolute Gasteiger partial charge is 0.379 e. The van der Waals surface area contributed by atoms with E-state index in [9.17, 15) is 0 Å². The minimum Gasteiger partial charge on any atom is -0.379 e. The average molecular weight is 523 g/mol. The van der Waals surface area contributed by atoms with Crippen LogP contribution >= 0.6 is 35.6 Å². The lowest BCUT2D eigenvalue weighted by molar-refractivity contribution is -0.00834. The monoisotopic (exact) mass is 522 g/mol. The molecule has 3 rings (SSSR count). The van der Waals surface area contributed by atoms with Crippen molar-refractivity contribution in [2.45, 2.75) is 31.8 Å². The predicted molar refractivity (Wildman–Crippen MR) is 126 cm³/mol. The summed E-state index contributed by atoms with van der Waals surface area (Å²) >= 11 is 6.28. The van der Waals surface area contributed by atoms with Crippen LogP contribution in [0.5, 0.6) is 0 Å². The highest BCUT2D eigenvalue weighted by molar-refractivity contribution is 14.0. The molecule has 2 fully saturated rings. The molecule has 1 atom stereocenters. The molecule has 0 amide bonds. The quantitative estimate of drug-likeness (QED) is 0.351. The Morgan fingerprint density at radius 2 is 2.11 bits per heavy atom. The Kier molecular flexibility index (Phi) is 9.04. The summed E-state index contributed by atoms with van der Waals surface area (Å²) in [6.07, 6.45) is 2.82. The first-order valence-electron chi connectivity index (χ1n) is 9.65. The first-order chi connectivity index (χ1) is 13.0. The molecule has 1 unspecified atom stereocenters. The van der Waals surface area contributed by atoms with Gasteiger partial charge in [-0.3, -0.25) is 9.89 Å². The maximum absolute atomic E-state index is 6.28. The van der Waals surface area contributed by atoms with Crippen LogP contribution in [-0.2, 0) is 4.74 Å². The molecule has 0 radical (unpaired) electrons. The Hall–Kier alpha value is -0.840. The number of aliphatic imine (C=N–C) groups is 1. The van der Waals surface area contributed by atoms with Crippen LogP contribution in [0.1, 0.15) is 20.3 Å². The van der Waals surface area contributed by atoms with Crippen molar-refractivity contribution in [3.63, 3.8) is 0 Å².